The van der Waals surface area contributed by atoms with Gasteiger partial charge in [-0.1, -0.05) is 0 Å². The van der Waals surface area contributed by atoms with Gasteiger partial charge in [-0.3, -0.25) is 0 Å². The minimum Gasteiger partial charge on any atom is -0.406 e. The Labute approximate surface area is 102 Å². The Balaban J connectivity index is 1.94. The van der Waals surface area contributed by atoms with Gasteiger partial charge in [0, 0.05) is 5.69 Å². The number of aliphatic imine (C=N–C) groups is 1. The normalized spacial score (nSPS) is 16.5. The van der Waals surface area contributed by atoms with Crippen molar-refractivity contribution < 1.29 is 17.9 Å². The van der Waals surface area contributed by atoms with Gasteiger partial charge < -0.3 is 15.8 Å². The maximum Gasteiger partial charge on any atom is 0.573 e. The standard InChI is InChI=1S/C11H12F3N3O/c12-11(13,14)18-9-5-3-8(4-6-9)17-10(15)16-7-1-2-7/h3-7H,1-2H2,(H3,15,16,17). The summed E-state index contributed by atoms with van der Waals surface area (Å²) in [5.41, 5.74) is 6.18. The van der Waals surface area contributed by atoms with Gasteiger partial charge in [0.05, 0.1) is 6.04 Å². The third kappa shape index (κ3) is 4.15. The summed E-state index contributed by atoms with van der Waals surface area (Å²) < 4.78 is 39.5. The van der Waals surface area contributed by atoms with Gasteiger partial charge in [-0.05, 0) is 37.1 Å². The lowest BCUT2D eigenvalue weighted by molar-refractivity contribution is -0.274. The number of halogens is 3. The van der Waals surface area contributed by atoms with E-state index in [4.69, 9.17) is 5.73 Å². The quantitative estimate of drug-likeness (QED) is 0.647. The van der Waals surface area contributed by atoms with E-state index in [-0.39, 0.29) is 17.8 Å². The largest absolute Gasteiger partial charge is 0.573 e. The van der Waals surface area contributed by atoms with Gasteiger partial charge in [-0.15, -0.1) is 13.2 Å². The van der Waals surface area contributed by atoms with E-state index in [9.17, 15) is 13.2 Å². The third-order valence-corrected chi connectivity index (χ3v) is 2.23. The fourth-order valence-corrected chi connectivity index (χ4v) is 1.32. The van der Waals surface area contributed by atoms with E-state index < -0.39 is 6.36 Å². The molecule has 3 N–H and O–H groups in total. The van der Waals surface area contributed by atoms with Crippen LogP contribution in [-0.4, -0.2) is 18.4 Å². The molecule has 0 atom stereocenters. The summed E-state index contributed by atoms with van der Waals surface area (Å²) in [7, 11) is 0. The molecule has 0 unspecified atom stereocenters. The zero-order chi connectivity index (χ0) is 13.2. The van der Waals surface area contributed by atoms with Crippen LogP contribution in [0.2, 0.25) is 0 Å². The van der Waals surface area contributed by atoms with Gasteiger partial charge in [-0.2, -0.15) is 0 Å². The van der Waals surface area contributed by atoms with Gasteiger partial charge in [0.15, 0.2) is 5.96 Å². The summed E-state index contributed by atoms with van der Waals surface area (Å²) in [6, 6.07) is 5.58. The molecule has 98 valence electrons. The number of hydrogen-bond donors (Lipinski definition) is 2. The average Bonchev–Trinajstić information content (AvgIpc) is 3.02. The summed E-state index contributed by atoms with van der Waals surface area (Å²) >= 11 is 0. The number of anilines is 1. The van der Waals surface area contributed by atoms with Gasteiger partial charge in [0.25, 0.3) is 0 Å². The van der Waals surface area contributed by atoms with Crippen LogP contribution in [-0.2, 0) is 0 Å². The number of nitrogens with one attached hydrogen (secondary N) is 1. The number of nitrogens with two attached hydrogens (primary N) is 1. The maximum atomic E-state index is 11.9. The molecule has 0 aliphatic heterocycles. The van der Waals surface area contributed by atoms with Crippen molar-refractivity contribution in [3.05, 3.63) is 24.3 Å². The molecule has 1 aromatic rings. The summed E-state index contributed by atoms with van der Waals surface area (Å²) in [6.45, 7) is 0. The van der Waals surface area contributed by atoms with E-state index in [1.165, 1.54) is 24.3 Å². The first-order valence-electron chi connectivity index (χ1n) is 5.38. The predicted molar refractivity (Wildman–Crippen MR) is 61.4 cm³/mol. The van der Waals surface area contributed by atoms with Crippen LogP contribution in [0.25, 0.3) is 0 Å². The van der Waals surface area contributed by atoms with Crippen LogP contribution in [0.5, 0.6) is 5.75 Å². The van der Waals surface area contributed by atoms with Crippen LogP contribution in [0.3, 0.4) is 0 Å². The van der Waals surface area contributed by atoms with Crippen LogP contribution in [0.15, 0.2) is 29.3 Å². The number of benzene rings is 1. The minimum atomic E-state index is -4.68. The van der Waals surface area contributed by atoms with Crippen molar-refractivity contribution in [2.24, 2.45) is 10.7 Å². The van der Waals surface area contributed by atoms with Crippen molar-refractivity contribution in [3.63, 3.8) is 0 Å². The second kappa shape index (κ2) is 4.75. The van der Waals surface area contributed by atoms with Crippen molar-refractivity contribution in [1.82, 2.24) is 0 Å². The van der Waals surface area contributed by atoms with Gasteiger partial charge in [-0.25, -0.2) is 4.99 Å². The molecule has 4 nitrogen and oxygen atoms in total. The molecule has 1 aliphatic carbocycles. The fourth-order valence-electron chi connectivity index (χ4n) is 1.32. The zero-order valence-corrected chi connectivity index (χ0v) is 9.37. The summed E-state index contributed by atoms with van der Waals surface area (Å²) in [6.07, 6.45) is -2.62. The number of nitrogens with zero attached hydrogens (tertiary/aromatic N) is 1. The molecule has 0 aromatic heterocycles. The highest BCUT2D eigenvalue weighted by molar-refractivity contribution is 5.92. The minimum absolute atomic E-state index is 0.266. The molecular weight excluding hydrogens is 247 g/mol. The van der Waals surface area contributed by atoms with E-state index in [0.29, 0.717) is 5.69 Å². The molecule has 0 amide bonds. The Hall–Kier alpha value is -1.92. The van der Waals surface area contributed by atoms with Crippen molar-refractivity contribution >= 4 is 11.6 Å². The molecule has 2 rings (SSSR count). The first-order chi connectivity index (χ1) is 8.42. The molecule has 1 fully saturated rings. The van der Waals surface area contributed by atoms with Crippen LogP contribution in [0, 0.1) is 0 Å². The lowest BCUT2D eigenvalue weighted by Gasteiger charge is -2.10. The number of rotatable bonds is 3. The van der Waals surface area contributed by atoms with Gasteiger partial charge in [0.1, 0.15) is 5.75 Å². The molecule has 1 aromatic carbocycles. The van der Waals surface area contributed by atoms with E-state index in [2.05, 4.69) is 15.0 Å². The first-order valence-corrected chi connectivity index (χ1v) is 5.38. The molecule has 0 saturated heterocycles. The van der Waals surface area contributed by atoms with Crippen LogP contribution in [0.1, 0.15) is 12.8 Å². The molecule has 0 heterocycles. The van der Waals surface area contributed by atoms with E-state index in [1.54, 1.807) is 0 Å². The smallest absolute Gasteiger partial charge is 0.406 e. The Morgan fingerprint density at radius 1 is 1.28 bits per heavy atom. The molecule has 18 heavy (non-hydrogen) atoms. The van der Waals surface area contributed by atoms with Gasteiger partial charge in [0.2, 0.25) is 0 Å². The van der Waals surface area contributed by atoms with Crippen molar-refractivity contribution in [2.45, 2.75) is 25.2 Å². The summed E-state index contributed by atoms with van der Waals surface area (Å²) in [4.78, 5) is 4.14. The zero-order valence-electron chi connectivity index (χ0n) is 9.37. The molecule has 1 aliphatic rings. The van der Waals surface area contributed by atoms with Crippen LogP contribution < -0.4 is 15.8 Å². The van der Waals surface area contributed by atoms with E-state index >= 15 is 0 Å². The molecule has 1 saturated carbocycles. The maximum absolute atomic E-state index is 11.9. The van der Waals surface area contributed by atoms with Crippen LogP contribution >= 0.6 is 0 Å². The summed E-state index contributed by atoms with van der Waals surface area (Å²) in [5.74, 6) is -0.00672. The molecule has 0 spiro atoms. The number of ether oxygens (including phenoxy) is 1. The fraction of sp³-hybridized carbons (Fsp3) is 0.364. The van der Waals surface area contributed by atoms with Crippen LogP contribution in [0.4, 0.5) is 18.9 Å². The highest BCUT2D eigenvalue weighted by Crippen LogP contribution is 2.25. The Kier molecular flexibility index (Phi) is 3.31. The van der Waals surface area contributed by atoms with Crippen molar-refractivity contribution in [3.8, 4) is 5.75 Å². The second-order valence-corrected chi connectivity index (χ2v) is 3.94. The monoisotopic (exact) mass is 259 g/mol. The number of hydrogen-bond acceptors (Lipinski definition) is 2. The first kappa shape index (κ1) is 12.5. The Morgan fingerprint density at radius 3 is 2.39 bits per heavy atom. The van der Waals surface area contributed by atoms with Crippen molar-refractivity contribution in [2.75, 3.05) is 5.32 Å². The number of guanidine groups is 1. The number of alkyl halides is 3. The topological polar surface area (TPSA) is 59.6 Å². The van der Waals surface area contributed by atoms with E-state index in [0.717, 1.165) is 12.8 Å². The van der Waals surface area contributed by atoms with Crippen molar-refractivity contribution in [1.29, 1.82) is 0 Å². The predicted octanol–water partition coefficient (Wildman–Crippen LogP) is 2.47. The van der Waals surface area contributed by atoms with E-state index in [1.807, 2.05) is 0 Å². The Morgan fingerprint density at radius 2 is 1.89 bits per heavy atom. The SMILES string of the molecule is NC(=NC1CC1)Nc1ccc(OC(F)(F)F)cc1. The highest BCUT2D eigenvalue weighted by atomic mass is 19.4. The Bertz CT molecular complexity index is 438. The molecule has 0 bridgehead atoms. The summed E-state index contributed by atoms with van der Waals surface area (Å²) in [5, 5.41) is 2.79. The lowest BCUT2D eigenvalue weighted by atomic mass is 10.3. The molecule has 0 radical (unpaired) electrons. The molecular formula is C11H12F3N3O. The molecule has 7 heteroatoms. The average molecular weight is 259 g/mol. The highest BCUT2D eigenvalue weighted by Gasteiger charge is 2.30. The van der Waals surface area contributed by atoms with Gasteiger partial charge >= 0.3 is 6.36 Å². The third-order valence-electron chi connectivity index (χ3n) is 2.23. The lowest BCUT2D eigenvalue weighted by Crippen LogP contribution is -2.23. The second-order valence-electron chi connectivity index (χ2n) is 3.94.